The quantitative estimate of drug-likeness (QED) is 0.917. The zero-order valence-electron chi connectivity index (χ0n) is 12.0. The van der Waals surface area contributed by atoms with Crippen LogP contribution in [0.25, 0.3) is 0 Å². The molecule has 0 spiro atoms. The van der Waals surface area contributed by atoms with Crippen molar-refractivity contribution >= 4 is 34.5 Å². The fraction of sp³-hybridized carbons (Fsp3) is 0.312. The number of halogens is 1. The zero-order chi connectivity index (χ0) is 15.1. The lowest BCUT2D eigenvalue weighted by Crippen LogP contribution is -2.31. The molecule has 0 saturated carbocycles. The van der Waals surface area contributed by atoms with Gasteiger partial charge >= 0.3 is 0 Å². The summed E-state index contributed by atoms with van der Waals surface area (Å²) in [4.78, 5) is 14.4. The Morgan fingerprint density at radius 3 is 2.81 bits per heavy atom. The van der Waals surface area contributed by atoms with E-state index in [0.717, 1.165) is 33.1 Å². The molecule has 3 rings (SSSR count). The third kappa shape index (κ3) is 2.48. The summed E-state index contributed by atoms with van der Waals surface area (Å²) in [5.41, 5.74) is 10.6. The smallest absolute Gasteiger partial charge is 0.227 e. The van der Waals surface area contributed by atoms with Gasteiger partial charge in [0.2, 0.25) is 5.91 Å². The van der Waals surface area contributed by atoms with Gasteiger partial charge in [0.05, 0.1) is 11.1 Å². The van der Waals surface area contributed by atoms with E-state index >= 15 is 0 Å². The Bertz CT molecular complexity index is 710. The zero-order valence-corrected chi connectivity index (χ0v) is 13.6. The van der Waals surface area contributed by atoms with Crippen LogP contribution in [-0.4, -0.2) is 13.0 Å². The van der Waals surface area contributed by atoms with Crippen LogP contribution in [0.3, 0.4) is 0 Å². The lowest BCUT2D eigenvalue weighted by molar-refractivity contribution is -0.118. The van der Waals surface area contributed by atoms with Gasteiger partial charge in [0.25, 0.3) is 0 Å². The van der Waals surface area contributed by atoms with Gasteiger partial charge < -0.3 is 10.6 Å². The lowest BCUT2D eigenvalue weighted by Gasteiger charge is -2.26. The van der Waals surface area contributed by atoms with E-state index in [1.54, 1.807) is 16.2 Å². The fourth-order valence-corrected chi connectivity index (χ4v) is 4.02. The van der Waals surface area contributed by atoms with Crippen molar-refractivity contribution in [2.75, 3.05) is 11.9 Å². The molecule has 1 aliphatic rings. The molecule has 2 N–H and O–H groups in total. The number of aryl methyl sites for hydroxylation is 2. The van der Waals surface area contributed by atoms with Crippen molar-refractivity contribution in [1.29, 1.82) is 0 Å². The second-order valence-electron chi connectivity index (χ2n) is 5.42. The lowest BCUT2D eigenvalue weighted by atomic mass is 9.96. The van der Waals surface area contributed by atoms with E-state index in [1.165, 1.54) is 5.56 Å². The number of thiophene rings is 1. The Labute approximate surface area is 133 Å². The van der Waals surface area contributed by atoms with Gasteiger partial charge in [0.15, 0.2) is 0 Å². The monoisotopic (exact) mass is 320 g/mol. The average molecular weight is 321 g/mol. The molecule has 1 aliphatic heterocycles. The van der Waals surface area contributed by atoms with Crippen LogP contribution < -0.4 is 10.6 Å². The Hall–Kier alpha value is -1.36. The molecule has 0 saturated heterocycles. The van der Waals surface area contributed by atoms with Gasteiger partial charge in [0.1, 0.15) is 0 Å². The highest BCUT2D eigenvalue weighted by Gasteiger charge is 2.23. The Morgan fingerprint density at radius 2 is 2.14 bits per heavy atom. The van der Waals surface area contributed by atoms with Crippen LogP contribution in [0, 0.1) is 6.92 Å². The van der Waals surface area contributed by atoms with E-state index in [1.807, 2.05) is 31.5 Å². The second-order valence-corrected chi connectivity index (χ2v) is 6.70. The predicted octanol–water partition coefficient (Wildman–Crippen LogP) is 3.67. The van der Waals surface area contributed by atoms with Gasteiger partial charge in [-0.25, -0.2) is 0 Å². The molecule has 21 heavy (non-hydrogen) atoms. The number of anilines is 1. The van der Waals surface area contributed by atoms with Gasteiger partial charge in [-0.05, 0) is 41.5 Å². The summed E-state index contributed by atoms with van der Waals surface area (Å²) in [6.07, 6.45) is 1.33. The maximum atomic E-state index is 11.7. The second kappa shape index (κ2) is 5.44. The van der Waals surface area contributed by atoms with E-state index in [9.17, 15) is 4.79 Å². The van der Waals surface area contributed by atoms with Gasteiger partial charge in [-0.1, -0.05) is 23.7 Å². The minimum absolute atomic E-state index is 0.163. The van der Waals surface area contributed by atoms with E-state index in [0.29, 0.717) is 6.42 Å². The van der Waals surface area contributed by atoms with Crippen molar-refractivity contribution in [2.45, 2.75) is 25.8 Å². The maximum Gasteiger partial charge on any atom is 0.227 e. The molecule has 0 bridgehead atoms. The first-order valence-corrected chi connectivity index (χ1v) is 8.13. The molecule has 1 aromatic heterocycles. The average Bonchev–Trinajstić information content (AvgIpc) is 2.82. The van der Waals surface area contributed by atoms with Gasteiger partial charge in [0, 0.05) is 24.0 Å². The number of nitrogens with zero attached hydrogens (tertiary/aromatic N) is 1. The fourth-order valence-electron chi connectivity index (χ4n) is 2.68. The first-order chi connectivity index (χ1) is 9.99. The van der Waals surface area contributed by atoms with Gasteiger partial charge in [-0.2, -0.15) is 0 Å². The highest BCUT2D eigenvalue weighted by Crippen LogP contribution is 2.36. The maximum absolute atomic E-state index is 11.7. The number of rotatable bonds is 2. The van der Waals surface area contributed by atoms with Crippen molar-refractivity contribution in [3.8, 4) is 0 Å². The van der Waals surface area contributed by atoms with E-state index in [-0.39, 0.29) is 11.9 Å². The number of benzene rings is 1. The SMILES string of the molecule is Cc1csc(C(N)c2ccc3c(c2)CCC(=O)N3C)c1Cl. The summed E-state index contributed by atoms with van der Waals surface area (Å²) < 4.78 is 0. The summed E-state index contributed by atoms with van der Waals surface area (Å²) in [7, 11) is 1.82. The number of hydrogen-bond donors (Lipinski definition) is 1. The molecule has 2 heterocycles. The molecule has 0 aliphatic carbocycles. The number of carbonyl (C=O) groups is 1. The van der Waals surface area contributed by atoms with Crippen LogP contribution in [0.15, 0.2) is 23.6 Å². The van der Waals surface area contributed by atoms with Crippen molar-refractivity contribution in [1.82, 2.24) is 0 Å². The molecule has 3 nitrogen and oxygen atoms in total. The first-order valence-electron chi connectivity index (χ1n) is 6.87. The van der Waals surface area contributed by atoms with Crippen LogP contribution in [0.1, 0.15) is 34.0 Å². The Morgan fingerprint density at radius 1 is 1.38 bits per heavy atom. The van der Waals surface area contributed by atoms with Crippen LogP contribution in [0.5, 0.6) is 0 Å². The van der Waals surface area contributed by atoms with Crippen LogP contribution in [0.4, 0.5) is 5.69 Å². The minimum Gasteiger partial charge on any atom is -0.320 e. The third-order valence-corrected chi connectivity index (χ3v) is 5.81. The summed E-state index contributed by atoms with van der Waals surface area (Å²) in [6.45, 7) is 1.99. The van der Waals surface area contributed by atoms with Crippen molar-refractivity contribution in [3.63, 3.8) is 0 Å². The van der Waals surface area contributed by atoms with Crippen LogP contribution in [0.2, 0.25) is 5.02 Å². The molecule has 1 aromatic carbocycles. The molecular weight excluding hydrogens is 304 g/mol. The Balaban J connectivity index is 1.97. The normalized spacial score (nSPS) is 16.0. The topological polar surface area (TPSA) is 46.3 Å². The highest BCUT2D eigenvalue weighted by molar-refractivity contribution is 7.10. The molecule has 0 fully saturated rings. The number of fused-ring (bicyclic) bond motifs is 1. The number of hydrogen-bond acceptors (Lipinski definition) is 3. The van der Waals surface area contributed by atoms with Crippen LogP contribution >= 0.6 is 22.9 Å². The number of amides is 1. The molecule has 5 heteroatoms. The molecule has 1 atom stereocenters. The summed E-state index contributed by atoms with van der Waals surface area (Å²) in [6, 6.07) is 5.86. The standard InChI is InChI=1S/C16H17ClN2OS/c1-9-8-21-16(14(9)17)15(18)11-3-5-12-10(7-11)4-6-13(20)19(12)2/h3,5,7-8,15H,4,6,18H2,1-2H3. The molecule has 1 unspecified atom stereocenters. The van der Waals surface area contributed by atoms with Gasteiger partial charge in [-0.15, -0.1) is 11.3 Å². The number of carbonyl (C=O) groups excluding carboxylic acids is 1. The van der Waals surface area contributed by atoms with E-state index < -0.39 is 0 Å². The molecule has 0 radical (unpaired) electrons. The summed E-state index contributed by atoms with van der Waals surface area (Å²) in [5, 5.41) is 2.79. The van der Waals surface area contributed by atoms with Gasteiger partial charge in [-0.3, -0.25) is 4.79 Å². The summed E-state index contributed by atoms with van der Waals surface area (Å²) in [5.74, 6) is 0.163. The third-order valence-electron chi connectivity index (χ3n) is 4.01. The van der Waals surface area contributed by atoms with Crippen molar-refractivity contribution in [2.24, 2.45) is 5.73 Å². The Kier molecular flexibility index (Phi) is 3.78. The minimum atomic E-state index is -0.218. The van der Waals surface area contributed by atoms with Crippen molar-refractivity contribution in [3.05, 3.63) is 50.2 Å². The molecule has 2 aromatic rings. The van der Waals surface area contributed by atoms with Crippen LogP contribution in [-0.2, 0) is 11.2 Å². The number of nitrogens with two attached hydrogens (primary N) is 1. The largest absolute Gasteiger partial charge is 0.320 e. The predicted molar refractivity (Wildman–Crippen MR) is 88.3 cm³/mol. The summed E-state index contributed by atoms with van der Waals surface area (Å²) >= 11 is 7.91. The molecular formula is C16H17ClN2OS. The first kappa shape index (κ1) is 14.6. The highest BCUT2D eigenvalue weighted by atomic mass is 35.5. The van der Waals surface area contributed by atoms with E-state index in [4.69, 9.17) is 17.3 Å². The van der Waals surface area contributed by atoms with E-state index in [2.05, 4.69) is 6.07 Å². The van der Waals surface area contributed by atoms with Crippen molar-refractivity contribution < 1.29 is 4.79 Å². The molecule has 110 valence electrons. The molecule has 1 amide bonds.